The summed E-state index contributed by atoms with van der Waals surface area (Å²) in [5, 5.41) is 10.2. The van der Waals surface area contributed by atoms with Gasteiger partial charge in [-0.25, -0.2) is 0 Å². The Labute approximate surface area is 89.2 Å². The number of aliphatic hydroxyl groups is 1. The van der Waals surface area contributed by atoms with Gasteiger partial charge in [-0.2, -0.15) is 0 Å². The van der Waals surface area contributed by atoms with Crippen molar-refractivity contribution >= 4 is 0 Å². The van der Waals surface area contributed by atoms with Gasteiger partial charge in [-0.15, -0.1) is 0 Å². The second kappa shape index (κ2) is 3.49. The third-order valence-electron chi connectivity index (χ3n) is 3.23. The fourth-order valence-corrected chi connectivity index (χ4v) is 2.25. The van der Waals surface area contributed by atoms with E-state index in [1.807, 2.05) is 6.92 Å². The van der Waals surface area contributed by atoms with E-state index in [9.17, 15) is 9.90 Å². The third kappa shape index (κ3) is 1.72. The van der Waals surface area contributed by atoms with Crippen molar-refractivity contribution in [3.05, 3.63) is 33.7 Å². The number of rotatable bonds is 3. The Morgan fingerprint density at radius 1 is 1.67 bits per heavy atom. The van der Waals surface area contributed by atoms with Crippen LogP contribution >= 0.6 is 0 Å². The number of pyridine rings is 1. The summed E-state index contributed by atoms with van der Waals surface area (Å²) in [4.78, 5) is 14.7. The van der Waals surface area contributed by atoms with Crippen LogP contribution in [0, 0.1) is 12.8 Å². The molecule has 0 aromatic carbocycles. The molecular formula is C12H17NO2. The van der Waals surface area contributed by atoms with Crippen LogP contribution in [0.5, 0.6) is 0 Å². The highest BCUT2D eigenvalue weighted by Crippen LogP contribution is 2.53. The van der Waals surface area contributed by atoms with Gasteiger partial charge in [0.1, 0.15) is 0 Å². The Bertz CT molecular complexity index is 424. The summed E-state index contributed by atoms with van der Waals surface area (Å²) >= 11 is 0. The SMILES string of the molecule is CCCC1CC1(O)c1c[nH]c(C)cc1=O. The molecular weight excluding hydrogens is 190 g/mol. The van der Waals surface area contributed by atoms with Crippen molar-refractivity contribution in [2.75, 3.05) is 0 Å². The lowest BCUT2D eigenvalue weighted by Gasteiger charge is -2.09. The Hall–Kier alpha value is -1.09. The fraction of sp³-hybridized carbons (Fsp3) is 0.583. The minimum Gasteiger partial charge on any atom is -0.385 e. The van der Waals surface area contributed by atoms with Crippen LogP contribution in [0.4, 0.5) is 0 Å². The molecule has 3 heteroatoms. The molecule has 1 heterocycles. The van der Waals surface area contributed by atoms with Gasteiger partial charge in [0.25, 0.3) is 0 Å². The molecule has 0 radical (unpaired) electrons. The number of aromatic nitrogens is 1. The van der Waals surface area contributed by atoms with Gasteiger partial charge in [0.2, 0.25) is 0 Å². The average Bonchev–Trinajstić information content (AvgIpc) is 2.78. The number of hydrogen-bond donors (Lipinski definition) is 2. The van der Waals surface area contributed by atoms with Gasteiger partial charge in [-0.05, 0) is 25.7 Å². The van der Waals surface area contributed by atoms with Gasteiger partial charge in [0.05, 0.1) is 5.60 Å². The van der Waals surface area contributed by atoms with E-state index in [1.165, 1.54) is 0 Å². The molecule has 15 heavy (non-hydrogen) atoms. The van der Waals surface area contributed by atoms with E-state index in [2.05, 4.69) is 11.9 Å². The van der Waals surface area contributed by atoms with Gasteiger partial charge in [-0.3, -0.25) is 4.79 Å². The van der Waals surface area contributed by atoms with Crippen LogP contribution < -0.4 is 5.43 Å². The van der Waals surface area contributed by atoms with Gasteiger partial charge < -0.3 is 10.1 Å². The summed E-state index contributed by atoms with van der Waals surface area (Å²) in [6.45, 7) is 3.93. The van der Waals surface area contributed by atoms with Crippen LogP contribution in [0.15, 0.2) is 17.1 Å². The zero-order chi connectivity index (χ0) is 11.1. The van der Waals surface area contributed by atoms with E-state index in [1.54, 1.807) is 12.3 Å². The first-order valence-corrected chi connectivity index (χ1v) is 5.50. The number of aromatic amines is 1. The normalized spacial score (nSPS) is 29.1. The standard InChI is InChI=1S/C12H17NO2/c1-3-4-9-6-12(9,15)10-7-13-8(2)5-11(10)14/h5,7,9,15H,3-4,6H2,1-2H3,(H,13,14). The molecule has 0 spiro atoms. The number of nitrogens with one attached hydrogen (secondary N) is 1. The molecule has 0 aliphatic heterocycles. The van der Waals surface area contributed by atoms with Crippen molar-refractivity contribution in [3.63, 3.8) is 0 Å². The predicted octanol–water partition coefficient (Wildman–Crippen LogP) is 1.69. The van der Waals surface area contributed by atoms with Crippen molar-refractivity contribution < 1.29 is 5.11 Å². The van der Waals surface area contributed by atoms with Crippen LogP contribution in [-0.4, -0.2) is 10.1 Å². The summed E-state index contributed by atoms with van der Waals surface area (Å²) in [5.41, 5.74) is 0.469. The van der Waals surface area contributed by atoms with E-state index in [0.717, 1.165) is 25.0 Å². The zero-order valence-electron chi connectivity index (χ0n) is 9.21. The first kappa shape index (κ1) is 10.4. The van der Waals surface area contributed by atoms with Gasteiger partial charge in [0.15, 0.2) is 5.43 Å². The zero-order valence-corrected chi connectivity index (χ0v) is 9.21. The molecule has 2 N–H and O–H groups in total. The van der Waals surface area contributed by atoms with Crippen LogP contribution in [0.1, 0.15) is 37.4 Å². The lowest BCUT2D eigenvalue weighted by Crippen LogP contribution is -2.20. The Kier molecular flexibility index (Phi) is 2.43. The molecule has 1 saturated carbocycles. The topological polar surface area (TPSA) is 53.1 Å². The second-order valence-corrected chi connectivity index (χ2v) is 4.51. The molecule has 2 rings (SSSR count). The van der Waals surface area contributed by atoms with E-state index in [4.69, 9.17) is 0 Å². The first-order chi connectivity index (χ1) is 7.08. The summed E-state index contributed by atoms with van der Waals surface area (Å²) in [7, 11) is 0. The number of H-pyrrole nitrogens is 1. The maximum atomic E-state index is 11.7. The summed E-state index contributed by atoms with van der Waals surface area (Å²) in [6, 6.07) is 1.55. The molecule has 1 aromatic heterocycles. The smallest absolute Gasteiger partial charge is 0.187 e. The second-order valence-electron chi connectivity index (χ2n) is 4.51. The lowest BCUT2D eigenvalue weighted by molar-refractivity contribution is 0.127. The van der Waals surface area contributed by atoms with E-state index in [0.29, 0.717) is 5.56 Å². The highest BCUT2D eigenvalue weighted by atomic mass is 16.3. The third-order valence-corrected chi connectivity index (χ3v) is 3.23. The fourth-order valence-electron chi connectivity index (χ4n) is 2.25. The molecule has 1 aliphatic carbocycles. The summed E-state index contributed by atoms with van der Waals surface area (Å²) in [6.07, 6.45) is 4.43. The van der Waals surface area contributed by atoms with Gasteiger partial charge >= 0.3 is 0 Å². The van der Waals surface area contributed by atoms with Crippen LogP contribution in [0.2, 0.25) is 0 Å². The molecule has 1 fully saturated rings. The van der Waals surface area contributed by atoms with Crippen LogP contribution in [0.3, 0.4) is 0 Å². The minimum atomic E-state index is -0.850. The van der Waals surface area contributed by atoms with Gasteiger partial charge in [-0.1, -0.05) is 13.3 Å². The highest BCUT2D eigenvalue weighted by molar-refractivity contribution is 5.28. The van der Waals surface area contributed by atoms with Crippen molar-refractivity contribution in [2.24, 2.45) is 5.92 Å². The van der Waals surface area contributed by atoms with E-state index < -0.39 is 5.60 Å². The van der Waals surface area contributed by atoms with Crippen molar-refractivity contribution in [1.29, 1.82) is 0 Å². The van der Waals surface area contributed by atoms with Crippen molar-refractivity contribution in [3.8, 4) is 0 Å². The lowest BCUT2D eigenvalue weighted by atomic mass is 10.0. The van der Waals surface area contributed by atoms with Crippen molar-refractivity contribution in [1.82, 2.24) is 4.98 Å². The summed E-state index contributed by atoms with van der Waals surface area (Å²) in [5.74, 6) is 0.270. The molecule has 3 nitrogen and oxygen atoms in total. The molecule has 2 unspecified atom stereocenters. The van der Waals surface area contributed by atoms with Crippen molar-refractivity contribution in [2.45, 2.75) is 38.7 Å². The molecule has 1 aliphatic rings. The Morgan fingerprint density at radius 3 is 3.00 bits per heavy atom. The summed E-state index contributed by atoms with van der Waals surface area (Å²) < 4.78 is 0. The molecule has 0 saturated heterocycles. The van der Waals surface area contributed by atoms with Gasteiger partial charge in [0, 0.05) is 23.5 Å². The largest absolute Gasteiger partial charge is 0.385 e. The van der Waals surface area contributed by atoms with E-state index in [-0.39, 0.29) is 11.3 Å². The molecule has 1 aromatic rings. The van der Waals surface area contributed by atoms with E-state index >= 15 is 0 Å². The molecule has 82 valence electrons. The van der Waals surface area contributed by atoms with Crippen LogP contribution in [-0.2, 0) is 5.60 Å². The maximum Gasteiger partial charge on any atom is 0.187 e. The quantitative estimate of drug-likeness (QED) is 0.792. The van der Waals surface area contributed by atoms with Crippen LogP contribution in [0.25, 0.3) is 0 Å². The molecule has 0 bridgehead atoms. The average molecular weight is 207 g/mol. The number of hydrogen-bond acceptors (Lipinski definition) is 2. The molecule has 0 amide bonds. The molecule has 2 atom stereocenters. The Balaban J connectivity index is 2.28. The predicted molar refractivity (Wildman–Crippen MR) is 58.7 cm³/mol. The number of aryl methyl sites for hydroxylation is 1. The monoisotopic (exact) mass is 207 g/mol. The first-order valence-electron chi connectivity index (χ1n) is 5.50. The Morgan fingerprint density at radius 2 is 2.40 bits per heavy atom. The maximum absolute atomic E-state index is 11.7. The highest BCUT2D eigenvalue weighted by Gasteiger charge is 2.54. The minimum absolute atomic E-state index is 0.0487.